The van der Waals surface area contributed by atoms with Crippen molar-refractivity contribution < 1.29 is 9.59 Å². The van der Waals surface area contributed by atoms with Gasteiger partial charge in [0.2, 0.25) is 5.91 Å². The van der Waals surface area contributed by atoms with Gasteiger partial charge < -0.3 is 10.6 Å². The lowest BCUT2D eigenvalue weighted by Gasteiger charge is -2.10. The Balaban J connectivity index is 1.57. The summed E-state index contributed by atoms with van der Waals surface area (Å²) in [5, 5.41) is 10.8. The van der Waals surface area contributed by atoms with E-state index >= 15 is 0 Å². The van der Waals surface area contributed by atoms with Crippen molar-refractivity contribution in [3.05, 3.63) is 64.3 Å². The number of amides is 2. The molecule has 0 fully saturated rings. The Morgan fingerprint density at radius 3 is 2.64 bits per heavy atom. The molecule has 2 amide bonds. The van der Waals surface area contributed by atoms with Crippen LogP contribution in [0.5, 0.6) is 0 Å². The average Bonchev–Trinajstić information content (AvgIpc) is 3.13. The first-order chi connectivity index (χ1) is 13.4. The van der Waals surface area contributed by atoms with Crippen molar-refractivity contribution >= 4 is 46.5 Å². The topological polar surface area (TPSA) is 76.0 Å². The highest BCUT2D eigenvalue weighted by Crippen LogP contribution is 2.38. The normalized spacial score (nSPS) is 15.2. The third-order valence-electron chi connectivity index (χ3n) is 4.57. The molecule has 2 aromatic carbocycles. The molecule has 1 aromatic heterocycles. The zero-order chi connectivity index (χ0) is 19.8. The maximum Gasteiger partial charge on any atom is 0.251 e. The van der Waals surface area contributed by atoms with Crippen LogP contribution < -0.4 is 10.6 Å². The van der Waals surface area contributed by atoms with E-state index in [0.717, 1.165) is 16.8 Å². The van der Waals surface area contributed by atoms with E-state index in [2.05, 4.69) is 15.7 Å². The van der Waals surface area contributed by atoms with Gasteiger partial charge in [0.05, 0.1) is 22.2 Å². The molecule has 3 aromatic rings. The summed E-state index contributed by atoms with van der Waals surface area (Å²) in [6.07, 6.45) is -0.0472. The number of hydrogen-bond acceptors (Lipinski definition) is 3. The average molecular weight is 415 g/mol. The second-order valence-corrected chi connectivity index (χ2v) is 7.32. The second kappa shape index (κ2) is 7.30. The van der Waals surface area contributed by atoms with Gasteiger partial charge in [0.15, 0.2) is 0 Å². The van der Waals surface area contributed by atoms with Gasteiger partial charge in [-0.3, -0.25) is 9.59 Å². The number of nitrogens with one attached hydrogen (secondary N) is 2. The van der Waals surface area contributed by atoms with Crippen LogP contribution >= 0.6 is 23.2 Å². The highest BCUT2D eigenvalue weighted by atomic mass is 35.5. The molecule has 1 aliphatic rings. The lowest BCUT2D eigenvalue weighted by molar-refractivity contribution is -0.123. The summed E-state index contributed by atoms with van der Waals surface area (Å²) < 4.78 is 1.59. The molecule has 2 N–H and O–H groups in total. The van der Waals surface area contributed by atoms with E-state index < -0.39 is 6.04 Å². The fourth-order valence-electron chi connectivity index (χ4n) is 3.29. The third kappa shape index (κ3) is 3.37. The zero-order valence-corrected chi connectivity index (χ0v) is 16.4. The predicted molar refractivity (Wildman–Crippen MR) is 110 cm³/mol. The molecule has 28 heavy (non-hydrogen) atoms. The Kier molecular flexibility index (Phi) is 4.83. The van der Waals surface area contributed by atoms with Crippen LogP contribution in [-0.2, 0) is 9.59 Å². The van der Waals surface area contributed by atoms with Gasteiger partial charge in [0.25, 0.3) is 5.91 Å². The number of nitrogens with zero attached hydrogens (tertiary/aromatic N) is 2. The Morgan fingerprint density at radius 1 is 1.18 bits per heavy atom. The molecule has 8 heteroatoms. The van der Waals surface area contributed by atoms with Gasteiger partial charge in [-0.15, -0.1) is 0 Å². The number of fused-ring (bicyclic) bond motifs is 1. The minimum atomic E-state index is -0.714. The highest BCUT2D eigenvalue weighted by molar-refractivity contribution is 6.42. The monoisotopic (exact) mass is 414 g/mol. The maximum atomic E-state index is 12.5. The summed E-state index contributed by atoms with van der Waals surface area (Å²) in [4.78, 5) is 25.0. The van der Waals surface area contributed by atoms with Gasteiger partial charge in [-0.05, 0) is 30.7 Å². The van der Waals surface area contributed by atoms with E-state index in [1.54, 1.807) is 22.9 Å². The highest BCUT2D eigenvalue weighted by Gasteiger charge is 2.36. The van der Waals surface area contributed by atoms with Gasteiger partial charge in [-0.2, -0.15) is 5.10 Å². The second-order valence-electron chi connectivity index (χ2n) is 6.51. The van der Waals surface area contributed by atoms with E-state index in [1.165, 1.54) is 0 Å². The van der Waals surface area contributed by atoms with Gasteiger partial charge in [-0.25, -0.2) is 4.68 Å². The van der Waals surface area contributed by atoms with Crippen LogP contribution in [0.1, 0.15) is 18.2 Å². The van der Waals surface area contributed by atoms with Crippen LogP contribution in [0.3, 0.4) is 0 Å². The molecular formula is C20H16Cl2N4O2. The van der Waals surface area contributed by atoms with Crippen molar-refractivity contribution in [1.82, 2.24) is 9.78 Å². The molecule has 0 aliphatic carbocycles. The fourth-order valence-corrected chi connectivity index (χ4v) is 3.59. The Hall–Kier alpha value is -2.83. The van der Waals surface area contributed by atoms with Crippen LogP contribution in [0, 0.1) is 6.92 Å². The molecule has 0 spiro atoms. The number of aryl methyl sites for hydroxylation is 1. The predicted octanol–water partition coefficient (Wildman–Crippen LogP) is 4.69. The lowest BCUT2D eigenvalue weighted by Crippen LogP contribution is -2.23. The van der Waals surface area contributed by atoms with E-state index in [0.29, 0.717) is 21.6 Å². The molecule has 1 atom stereocenters. The summed E-state index contributed by atoms with van der Waals surface area (Å²) in [5.74, 6) is 0.0332. The lowest BCUT2D eigenvalue weighted by atomic mass is 10.1. The van der Waals surface area contributed by atoms with Crippen molar-refractivity contribution in [2.45, 2.75) is 19.4 Å². The van der Waals surface area contributed by atoms with Crippen molar-refractivity contribution in [3.63, 3.8) is 0 Å². The molecule has 6 nitrogen and oxygen atoms in total. The number of benzene rings is 2. The van der Waals surface area contributed by atoms with Crippen LogP contribution in [0.25, 0.3) is 11.1 Å². The first-order valence-corrected chi connectivity index (χ1v) is 9.40. The maximum absolute atomic E-state index is 12.5. The van der Waals surface area contributed by atoms with Gasteiger partial charge >= 0.3 is 0 Å². The summed E-state index contributed by atoms with van der Waals surface area (Å²) in [6.45, 7) is 1.88. The molecule has 1 aliphatic heterocycles. The smallest absolute Gasteiger partial charge is 0.251 e. The largest absolute Gasteiger partial charge is 0.326 e. The SMILES string of the molecule is Cc1nn2c(c1-c1ccccc1)NC(=O)C2CC(=O)Nc1ccc(Cl)c(Cl)c1. The Morgan fingerprint density at radius 2 is 1.93 bits per heavy atom. The summed E-state index contributed by atoms with van der Waals surface area (Å²) in [7, 11) is 0. The van der Waals surface area contributed by atoms with Crippen molar-refractivity contribution in [3.8, 4) is 11.1 Å². The van der Waals surface area contributed by atoms with Gasteiger partial charge in [-0.1, -0.05) is 53.5 Å². The number of hydrogen-bond donors (Lipinski definition) is 2. The number of aromatic nitrogens is 2. The summed E-state index contributed by atoms with van der Waals surface area (Å²) in [6, 6.07) is 13.8. The molecule has 142 valence electrons. The van der Waals surface area contributed by atoms with Crippen molar-refractivity contribution in [1.29, 1.82) is 0 Å². The van der Waals surface area contributed by atoms with E-state index in [1.807, 2.05) is 37.3 Å². The Labute approximate surface area is 171 Å². The molecule has 4 rings (SSSR count). The standard InChI is InChI=1S/C20H16Cl2N4O2/c1-11-18(12-5-3-2-4-6-12)19-24-20(28)16(26(19)25-11)10-17(27)23-13-7-8-14(21)15(22)9-13/h2-9,16H,10H2,1H3,(H,23,27)(H,24,28). The van der Waals surface area contributed by atoms with E-state index in [9.17, 15) is 9.59 Å². The van der Waals surface area contributed by atoms with Crippen LogP contribution in [0.15, 0.2) is 48.5 Å². The van der Waals surface area contributed by atoms with Crippen LogP contribution in [0.4, 0.5) is 11.5 Å². The third-order valence-corrected chi connectivity index (χ3v) is 5.31. The molecule has 1 unspecified atom stereocenters. The number of carbonyl (C=O) groups excluding carboxylic acids is 2. The zero-order valence-electron chi connectivity index (χ0n) is 14.9. The minimum absolute atomic E-state index is 0.0472. The number of halogens is 2. The number of rotatable bonds is 4. The molecule has 0 saturated heterocycles. The molecule has 2 heterocycles. The number of carbonyl (C=O) groups is 2. The van der Waals surface area contributed by atoms with E-state index in [4.69, 9.17) is 23.2 Å². The number of anilines is 2. The summed E-state index contributed by atoms with van der Waals surface area (Å²) in [5.41, 5.74) is 3.12. The van der Waals surface area contributed by atoms with Crippen LogP contribution in [0.2, 0.25) is 10.0 Å². The minimum Gasteiger partial charge on any atom is -0.326 e. The van der Waals surface area contributed by atoms with Gasteiger partial charge in [0.1, 0.15) is 11.9 Å². The van der Waals surface area contributed by atoms with Crippen LogP contribution in [-0.4, -0.2) is 21.6 Å². The molecular weight excluding hydrogens is 399 g/mol. The quantitative estimate of drug-likeness (QED) is 0.649. The molecule has 0 saturated carbocycles. The van der Waals surface area contributed by atoms with E-state index in [-0.39, 0.29) is 18.2 Å². The van der Waals surface area contributed by atoms with Gasteiger partial charge in [0, 0.05) is 11.3 Å². The first-order valence-electron chi connectivity index (χ1n) is 8.64. The molecule has 0 bridgehead atoms. The fraction of sp³-hybridized carbons (Fsp3) is 0.150. The summed E-state index contributed by atoms with van der Waals surface area (Å²) >= 11 is 11.9. The molecule has 0 radical (unpaired) electrons. The van der Waals surface area contributed by atoms with Crippen molar-refractivity contribution in [2.75, 3.05) is 10.6 Å². The first kappa shape index (κ1) is 18.5. The Bertz CT molecular complexity index is 1080. The van der Waals surface area contributed by atoms with Crippen molar-refractivity contribution in [2.24, 2.45) is 0 Å².